The van der Waals surface area contributed by atoms with E-state index in [2.05, 4.69) is 33.4 Å². The van der Waals surface area contributed by atoms with Crippen LogP contribution in [-0.2, 0) is 13.2 Å². The van der Waals surface area contributed by atoms with E-state index in [1.807, 2.05) is 36.4 Å². The quantitative estimate of drug-likeness (QED) is 0.370. The first-order chi connectivity index (χ1) is 12.7. The summed E-state index contributed by atoms with van der Waals surface area (Å²) in [5.74, 6) is 0.914. The first-order valence-electron chi connectivity index (χ1n) is 9.25. The van der Waals surface area contributed by atoms with E-state index in [1.165, 1.54) is 31.2 Å². The zero-order valence-corrected chi connectivity index (χ0v) is 17.3. The maximum Gasteiger partial charge on any atom is 0.124 e. The zero-order chi connectivity index (χ0) is 18.2. The molecule has 0 aliphatic heterocycles. The molecule has 0 atom stereocenters. The molecule has 0 aromatic heterocycles. The predicted octanol–water partition coefficient (Wildman–Crippen LogP) is 6.66. The lowest BCUT2D eigenvalue weighted by atomic mass is 9.97. The first kappa shape index (κ1) is 19.5. The van der Waals surface area contributed by atoms with Crippen LogP contribution in [0.3, 0.4) is 0 Å². The van der Waals surface area contributed by atoms with Crippen molar-refractivity contribution in [2.24, 2.45) is 0 Å². The maximum atomic E-state index is 6.05. The van der Waals surface area contributed by atoms with Crippen molar-refractivity contribution >= 4 is 27.5 Å². The first-order valence-corrected chi connectivity index (χ1v) is 10.4. The molecule has 1 N–H and O–H groups in total. The normalized spacial score (nSPS) is 14.2. The van der Waals surface area contributed by atoms with E-state index in [4.69, 9.17) is 16.3 Å². The van der Waals surface area contributed by atoms with Gasteiger partial charge in [0, 0.05) is 21.6 Å². The fourth-order valence-corrected chi connectivity index (χ4v) is 3.84. The molecule has 0 heterocycles. The number of rotatable bonds is 8. The van der Waals surface area contributed by atoms with Crippen molar-refractivity contribution < 1.29 is 4.74 Å². The van der Waals surface area contributed by atoms with Crippen LogP contribution in [0.1, 0.15) is 43.2 Å². The van der Waals surface area contributed by atoms with Crippen LogP contribution in [0.25, 0.3) is 0 Å². The van der Waals surface area contributed by atoms with Crippen molar-refractivity contribution in [3.63, 3.8) is 0 Å². The lowest BCUT2D eigenvalue weighted by molar-refractivity contribution is 0.302. The number of ether oxygens (including phenoxy) is 1. The molecule has 0 radical (unpaired) electrons. The van der Waals surface area contributed by atoms with Gasteiger partial charge in [-0.2, -0.15) is 0 Å². The number of hydrogen-bond acceptors (Lipinski definition) is 2. The molecular weight excluding hydrogens is 410 g/mol. The average molecular weight is 435 g/mol. The highest BCUT2D eigenvalue weighted by Gasteiger charge is 2.07. The highest BCUT2D eigenvalue weighted by atomic mass is 79.9. The van der Waals surface area contributed by atoms with Crippen LogP contribution in [0.2, 0.25) is 5.02 Å². The van der Waals surface area contributed by atoms with Crippen LogP contribution in [0.4, 0.5) is 0 Å². The molecule has 2 nitrogen and oxygen atoms in total. The van der Waals surface area contributed by atoms with E-state index < -0.39 is 0 Å². The van der Waals surface area contributed by atoms with Gasteiger partial charge in [0.15, 0.2) is 0 Å². The van der Waals surface area contributed by atoms with Gasteiger partial charge in [-0.15, -0.1) is 0 Å². The van der Waals surface area contributed by atoms with Crippen LogP contribution in [0.5, 0.6) is 5.75 Å². The summed E-state index contributed by atoms with van der Waals surface area (Å²) in [5, 5.41) is 4.30. The number of halogens is 2. The van der Waals surface area contributed by atoms with Gasteiger partial charge in [-0.25, -0.2) is 0 Å². The molecule has 0 fully saturated rings. The van der Waals surface area contributed by atoms with Gasteiger partial charge in [-0.3, -0.25) is 0 Å². The molecule has 1 aliphatic carbocycles. The van der Waals surface area contributed by atoms with Crippen molar-refractivity contribution in [3.05, 3.63) is 74.7 Å². The Morgan fingerprint density at radius 2 is 2.04 bits per heavy atom. The molecule has 0 bridgehead atoms. The van der Waals surface area contributed by atoms with Gasteiger partial charge in [0.1, 0.15) is 12.4 Å². The molecule has 4 heteroatoms. The highest BCUT2D eigenvalue weighted by molar-refractivity contribution is 9.10. The third-order valence-electron chi connectivity index (χ3n) is 4.63. The Morgan fingerprint density at radius 1 is 1.12 bits per heavy atom. The van der Waals surface area contributed by atoms with E-state index >= 15 is 0 Å². The van der Waals surface area contributed by atoms with Crippen molar-refractivity contribution in [3.8, 4) is 5.75 Å². The Hall–Kier alpha value is -1.29. The molecule has 138 valence electrons. The number of nitrogens with one attached hydrogen (secondary N) is 1. The van der Waals surface area contributed by atoms with E-state index in [-0.39, 0.29) is 0 Å². The molecule has 3 rings (SSSR count). The molecule has 0 spiro atoms. The molecular formula is C22H25BrClNO. The van der Waals surface area contributed by atoms with Gasteiger partial charge < -0.3 is 10.1 Å². The summed E-state index contributed by atoms with van der Waals surface area (Å²) in [7, 11) is 0. The minimum atomic E-state index is 0.516. The number of allylic oxidation sites excluding steroid dienone is 1. The topological polar surface area (TPSA) is 21.3 Å². The molecule has 2 aromatic rings. The fourth-order valence-electron chi connectivity index (χ4n) is 3.22. The Balaban J connectivity index is 1.54. The molecule has 0 amide bonds. The summed E-state index contributed by atoms with van der Waals surface area (Å²) in [5.41, 5.74) is 3.85. The van der Waals surface area contributed by atoms with Crippen LogP contribution in [0.15, 0.2) is 58.6 Å². The second kappa shape index (κ2) is 10.1. The zero-order valence-electron chi connectivity index (χ0n) is 14.9. The van der Waals surface area contributed by atoms with Gasteiger partial charge in [0.25, 0.3) is 0 Å². The molecule has 0 unspecified atom stereocenters. The lowest BCUT2D eigenvalue weighted by Gasteiger charge is -2.15. The smallest absolute Gasteiger partial charge is 0.124 e. The van der Waals surface area contributed by atoms with Crippen LogP contribution in [0, 0.1) is 0 Å². The van der Waals surface area contributed by atoms with Gasteiger partial charge >= 0.3 is 0 Å². The van der Waals surface area contributed by atoms with E-state index in [9.17, 15) is 0 Å². The summed E-state index contributed by atoms with van der Waals surface area (Å²) >= 11 is 9.61. The third kappa shape index (κ3) is 6.15. The Morgan fingerprint density at radius 3 is 2.85 bits per heavy atom. The van der Waals surface area contributed by atoms with Gasteiger partial charge in [0.05, 0.1) is 0 Å². The second-order valence-corrected chi connectivity index (χ2v) is 8.06. The van der Waals surface area contributed by atoms with Crippen LogP contribution in [-0.4, -0.2) is 6.54 Å². The Kier molecular flexibility index (Phi) is 7.60. The molecule has 1 aliphatic rings. The van der Waals surface area contributed by atoms with Gasteiger partial charge in [-0.05, 0) is 74.5 Å². The summed E-state index contributed by atoms with van der Waals surface area (Å²) in [6.07, 6.45) is 8.78. The standard InChI is InChI=1S/C22H25BrClNO/c23-20-9-10-22(26-16-18-7-4-8-21(24)13-18)19(14-20)15-25-12-11-17-5-2-1-3-6-17/h4-5,7-10,13-14,25H,1-3,6,11-12,15-16H2. The SMILES string of the molecule is Clc1cccc(COc2ccc(Br)cc2CNCCC2=CCCCC2)c1. The summed E-state index contributed by atoms with van der Waals surface area (Å²) in [4.78, 5) is 0. The number of benzene rings is 2. The summed E-state index contributed by atoms with van der Waals surface area (Å²) < 4.78 is 7.12. The molecule has 2 aromatic carbocycles. The van der Waals surface area contributed by atoms with E-state index in [0.29, 0.717) is 6.61 Å². The highest BCUT2D eigenvalue weighted by Crippen LogP contribution is 2.25. The Bertz CT molecular complexity index is 760. The number of hydrogen-bond donors (Lipinski definition) is 1. The van der Waals surface area contributed by atoms with Crippen molar-refractivity contribution in [2.75, 3.05) is 6.54 Å². The third-order valence-corrected chi connectivity index (χ3v) is 5.36. The molecule has 0 saturated heterocycles. The van der Waals surface area contributed by atoms with Crippen molar-refractivity contribution in [2.45, 2.75) is 45.3 Å². The second-order valence-electron chi connectivity index (χ2n) is 6.71. The average Bonchev–Trinajstić information content (AvgIpc) is 2.65. The van der Waals surface area contributed by atoms with Crippen molar-refractivity contribution in [1.82, 2.24) is 5.32 Å². The molecule has 26 heavy (non-hydrogen) atoms. The minimum absolute atomic E-state index is 0.516. The van der Waals surface area contributed by atoms with Crippen LogP contribution < -0.4 is 10.1 Å². The van der Waals surface area contributed by atoms with E-state index in [0.717, 1.165) is 40.3 Å². The van der Waals surface area contributed by atoms with Gasteiger partial charge in [0.2, 0.25) is 0 Å². The summed E-state index contributed by atoms with van der Waals surface area (Å²) in [6, 6.07) is 14.0. The predicted molar refractivity (Wildman–Crippen MR) is 113 cm³/mol. The fraction of sp³-hybridized carbons (Fsp3) is 0.364. The Labute approximate surface area is 169 Å². The van der Waals surface area contributed by atoms with Gasteiger partial charge in [-0.1, -0.05) is 51.3 Å². The largest absolute Gasteiger partial charge is 0.489 e. The maximum absolute atomic E-state index is 6.05. The van der Waals surface area contributed by atoms with E-state index in [1.54, 1.807) is 5.57 Å². The summed E-state index contributed by atoms with van der Waals surface area (Å²) in [6.45, 7) is 2.33. The van der Waals surface area contributed by atoms with Crippen molar-refractivity contribution in [1.29, 1.82) is 0 Å². The minimum Gasteiger partial charge on any atom is -0.489 e. The van der Waals surface area contributed by atoms with Crippen LogP contribution >= 0.6 is 27.5 Å². The molecule has 0 saturated carbocycles. The lowest BCUT2D eigenvalue weighted by Crippen LogP contribution is -2.16. The monoisotopic (exact) mass is 433 g/mol.